The van der Waals surface area contributed by atoms with Gasteiger partial charge in [-0.25, -0.2) is 13.6 Å². The maximum absolute atomic E-state index is 13.5. The lowest BCUT2D eigenvalue weighted by molar-refractivity contribution is 0.0388. The van der Waals surface area contributed by atoms with Gasteiger partial charge in [-0.3, -0.25) is 4.90 Å². The number of benzene rings is 1. The number of rotatable bonds is 5. The summed E-state index contributed by atoms with van der Waals surface area (Å²) < 4.78 is 36.8. The SMILES string of the molecule is COc1c(F)cc(NC(=O)NCCN2CCOCC2)cc1F. The smallest absolute Gasteiger partial charge is 0.319 e. The lowest BCUT2D eigenvalue weighted by Crippen LogP contribution is -2.42. The molecule has 0 saturated carbocycles. The van der Waals surface area contributed by atoms with Gasteiger partial charge in [0.15, 0.2) is 17.4 Å². The number of hydrogen-bond donors (Lipinski definition) is 2. The Balaban J connectivity index is 1.79. The van der Waals surface area contributed by atoms with Gasteiger partial charge < -0.3 is 20.1 Å². The lowest BCUT2D eigenvalue weighted by atomic mass is 10.2. The molecule has 122 valence electrons. The van der Waals surface area contributed by atoms with Gasteiger partial charge in [-0.1, -0.05) is 0 Å². The van der Waals surface area contributed by atoms with E-state index in [4.69, 9.17) is 4.74 Å². The molecule has 0 unspecified atom stereocenters. The number of nitrogens with zero attached hydrogens (tertiary/aromatic N) is 1. The van der Waals surface area contributed by atoms with Gasteiger partial charge in [-0.15, -0.1) is 0 Å². The molecule has 0 spiro atoms. The molecule has 1 aliphatic heterocycles. The summed E-state index contributed by atoms with van der Waals surface area (Å²) in [7, 11) is 1.17. The van der Waals surface area contributed by atoms with Crippen molar-refractivity contribution in [2.45, 2.75) is 0 Å². The molecule has 1 aromatic rings. The van der Waals surface area contributed by atoms with Crippen LogP contribution in [-0.4, -0.2) is 57.4 Å². The highest BCUT2D eigenvalue weighted by atomic mass is 19.1. The van der Waals surface area contributed by atoms with Gasteiger partial charge in [-0.2, -0.15) is 0 Å². The van der Waals surface area contributed by atoms with Crippen LogP contribution in [0.5, 0.6) is 5.75 Å². The van der Waals surface area contributed by atoms with Crippen LogP contribution >= 0.6 is 0 Å². The molecule has 0 aromatic heterocycles. The molecule has 1 fully saturated rings. The standard InChI is InChI=1S/C14H19F2N3O3/c1-21-13-11(15)8-10(9-12(13)16)18-14(20)17-2-3-19-4-6-22-7-5-19/h8-9H,2-7H2,1H3,(H2,17,18,20). The van der Waals surface area contributed by atoms with Crippen molar-refractivity contribution in [2.75, 3.05) is 51.8 Å². The van der Waals surface area contributed by atoms with Gasteiger partial charge in [0.2, 0.25) is 0 Å². The van der Waals surface area contributed by atoms with Crippen LogP contribution < -0.4 is 15.4 Å². The Morgan fingerprint density at radius 2 is 1.95 bits per heavy atom. The summed E-state index contributed by atoms with van der Waals surface area (Å²) in [5, 5.41) is 5.02. The van der Waals surface area contributed by atoms with Crippen molar-refractivity contribution in [2.24, 2.45) is 0 Å². The predicted molar refractivity (Wildman–Crippen MR) is 77.2 cm³/mol. The van der Waals surface area contributed by atoms with Crippen molar-refractivity contribution < 1.29 is 23.0 Å². The molecule has 0 aliphatic carbocycles. The van der Waals surface area contributed by atoms with E-state index in [2.05, 4.69) is 20.3 Å². The van der Waals surface area contributed by atoms with Crippen LogP contribution in [0.2, 0.25) is 0 Å². The normalized spacial score (nSPS) is 15.4. The number of nitrogens with one attached hydrogen (secondary N) is 2. The molecular formula is C14H19F2N3O3. The molecule has 0 radical (unpaired) electrons. The van der Waals surface area contributed by atoms with E-state index in [1.54, 1.807) is 0 Å². The molecule has 6 nitrogen and oxygen atoms in total. The first-order valence-corrected chi connectivity index (χ1v) is 6.98. The monoisotopic (exact) mass is 315 g/mol. The fourth-order valence-corrected chi connectivity index (χ4v) is 2.15. The molecule has 1 aliphatic rings. The predicted octanol–water partition coefficient (Wildman–Crippen LogP) is 1.43. The highest BCUT2D eigenvalue weighted by Gasteiger charge is 2.13. The van der Waals surface area contributed by atoms with Gasteiger partial charge in [0.05, 0.1) is 20.3 Å². The van der Waals surface area contributed by atoms with E-state index in [9.17, 15) is 13.6 Å². The van der Waals surface area contributed by atoms with Gasteiger partial charge in [0, 0.05) is 44.0 Å². The lowest BCUT2D eigenvalue weighted by Gasteiger charge is -2.26. The van der Waals surface area contributed by atoms with Crippen LogP contribution in [0.4, 0.5) is 19.3 Å². The fourth-order valence-electron chi connectivity index (χ4n) is 2.15. The third kappa shape index (κ3) is 4.54. The number of hydrogen-bond acceptors (Lipinski definition) is 4. The first-order valence-electron chi connectivity index (χ1n) is 6.98. The summed E-state index contributed by atoms with van der Waals surface area (Å²) in [6, 6.07) is 1.49. The second kappa shape index (κ2) is 7.90. The number of ether oxygens (including phenoxy) is 2. The van der Waals surface area contributed by atoms with Gasteiger partial charge >= 0.3 is 6.03 Å². The van der Waals surface area contributed by atoms with Crippen molar-refractivity contribution in [3.05, 3.63) is 23.8 Å². The molecule has 0 atom stereocenters. The third-order valence-electron chi connectivity index (χ3n) is 3.28. The molecule has 1 heterocycles. The largest absolute Gasteiger partial charge is 0.491 e. The zero-order valence-corrected chi connectivity index (χ0v) is 12.3. The number of carbonyl (C=O) groups excluding carboxylic acids is 1. The Morgan fingerprint density at radius 3 is 2.55 bits per heavy atom. The topological polar surface area (TPSA) is 62.8 Å². The Labute approximate surface area is 127 Å². The number of halogens is 2. The average molecular weight is 315 g/mol. The molecule has 2 amide bonds. The Hall–Kier alpha value is -1.93. The van der Waals surface area contributed by atoms with E-state index in [1.807, 2.05) is 0 Å². The van der Waals surface area contributed by atoms with Crippen LogP contribution in [-0.2, 0) is 4.74 Å². The first-order chi connectivity index (χ1) is 10.6. The zero-order chi connectivity index (χ0) is 15.9. The average Bonchev–Trinajstić information content (AvgIpc) is 2.48. The van der Waals surface area contributed by atoms with Crippen molar-refractivity contribution in [3.8, 4) is 5.75 Å². The highest BCUT2D eigenvalue weighted by molar-refractivity contribution is 5.89. The molecule has 0 bridgehead atoms. The summed E-state index contributed by atoms with van der Waals surface area (Å²) in [5.41, 5.74) is 0.0275. The van der Waals surface area contributed by atoms with E-state index in [0.29, 0.717) is 26.3 Å². The Morgan fingerprint density at radius 1 is 1.32 bits per heavy atom. The Kier molecular flexibility index (Phi) is 5.91. The van der Waals surface area contributed by atoms with Gasteiger partial charge in [-0.05, 0) is 0 Å². The molecule has 2 rings (SSSR count). The van der Waals surface area contributed by atoms with Crippen LogP contribution in [0.15, 0.2) is 12.1 Å². The second-order valence-corrected chi connectivity index (χ2v) is 4.81. The van der Waals surface area contributed by atoms with E-state index in [-0.39, 0.29) is 5.69 Å². The zero-order valence-electron chi connectivity index (χ0n) is 12.3. The fraction of sp³-hybridized carbons (Fsp3) is 0.500. The second-order valence-electron chi connectivity index (χ2n) is 4.81. The Bertz CT molecular complexity index is 499. The highest BCUT2D eigenvalue weighted by Crippen LogP contribution is 2.25. The van der Waals surface area contributed by atoms with E-state index >= 15 is 0 Å². The summed E-state index contributed by atoms with van der Waals surface area (Å²) in [6.45, 7) is 4.18. The minimum atomic E-state index is -0.869. The van der Waals surface area contributed by atoms with Crippen LogP contribution in [0, 0.1) is 11.6 Å². The molecule has 1 saturated heterocycles. The quantitative estimate of drug-likeness (QED) is 0.863. The third-order valence-corrected chi connectivity index (χ3v) is 3.28. The van der Waals surface area contributed by atoms with Crippen molar-refractivity contribution in [1.29, 1.82) is 0 Å². The van der Waals surface area contributed by atoms with E-state index in [1.165, 1.54) is 7.11 Å². The number of anilines is 1. The number of morpholine rings is 1. The van der Waals surface area contributed by atoms with Crippen LogP contribution in [0.3, 0.4) is 0 Å². The van der Waals surface area contributed by atoms with Crippen LogP contribution in [0.1, 0.15) is 0 Å². The molecular weight excluding hydrogens is 296 g/mol. The number of methoxy groups -OCH3 is 1. The molecule has 22 heavy (non-hydrogen) atoms. The maximum atomic E-state index is 13.5. The van der Waals surface area contributed by atoms with E-state index in [0.717, 1.165) is 25.2 Å². The maximum Gasteiger partial charge on any atom is 0.319 e. The van der Waals surface area contributed by atoms with Crippen molar-refractivity contribution in [1.82, 2.24) is 10.2 Å². The van der Waals surface area contributed by atoms with Gasteiger partial charge in [0.25, 0.3) is 0 Å². The van der Waals surface area contributed by atoms with E-state index < -0.39 is 23.4 Å². The molecule has 2 N–H and O–H groups in total. The number of urea groups is 1. The number of carbonyl (C=O) groups is 1. The minimum Gasteiger partial charge on any atom is -0.491 e. The van der Waals surface area contributed by atoms with Crippen LogP contribution in [0.25, 0.3) is 0 Å². The molecule has 8 heteroatoms. The van der Waals surface area contributed by atoms with Crippen molar-refractivity contribution >= 4 is 11.7 Å². The minimum absolute atomic E-state index is 0.0275. The van der Waals surface area contributed by atoms with Gasteiger partial charge in [0.1, 0.15) is 0 Å². The summed E-state index contributed by atoms with van der Waals surface area (Å²) in [5.74, 6) is -2.21. The first kappa shape index (κ1) is 16.4. The molecule has 1 aromatic carbocycles. The summed E-state index contributed by atoms with van der Waals surface area (Å²) >= 11 is 0. The summed E-state index contributed by atoms with van der Waals surface area (Å²) in [4.78, 5) is 13.9. The number of amides is 2. The van der Waals surface area contributed by atoms with Crippen molar-refractivity contribution in [3.63, 3.8) is 0 Å². The summed E-state index contributed by atoms with van der Waals surface area (Å²) in [6.07, 6.45) is 0.